The van der Waals surface area contributed by atoms with E-state index >= 15 is 0 Å². The smallest absolute Gasteiger partial charge is 0.280 e. The number of nitrogens with zero attached hydrogens (tertiary/aromatic N) is 4. The Morgan fingerprint density at radius 3 is 2.52 bits per heavy atom. The molecule has 134 valence electrons. The third kappa shape index (κ3) is 3.18. The molecule has 4 rings (SSSR count). The molecule has 0 fully saturated rings. The quantitative estimate of drug-likeness (QED) is 0.421. The van der Waals surface area contributed by atoms with Crippen LogP contribution in [-0.2, 0) is 0 Å². The highest BCUT2D eigenvalue weighted by Gasteiger charge is 2.22. The van der Waals surface area contributed by atoms with Gasteiger partial charge in [0.25, 0.3) is 11.6 Å². The number of nitro benzene ring substituents is 1. The van der Waals surface area contributed by atoms with E-state index in [0.717, 1.165) is 5.56 Å². The van der Waals surface area contributed by atoms with Gasteiger partial charge in [0.2, 0.25) is 0 Å². The van der Waals surface area contributed by atoms with Crippen LogP contribution in [0.4, 0.5) is 5.69 Å². The van der Waals surface area contributed by atoms with E-state index < -0.39 is 11.0 Å². The Labute approximate surface area is 152 Å². The summed E-state index contributed by atoms with van der Waals surface area (Å²) in [6.07, 6.45) is 0. The van der Waals surface area contributed by atoms with E-state index in [4.69, 9.17) is 14.8 Å². The average molecular weight is 363 g/mol. The number of rotatable bonds is 5. The number of hydrogen-bond acceptors (Lipinski definition) is 8. The number of para-hydroxylation sites is 1. The van der Waals surface area contributed by atoms with Crippen molar-refractivity contribution >= 4 is 5.69 Å². The molecule has 0 bridgehead atoms. The first-order valence-corrected chi connectivity index (χ1v) is 7.98. The first kappa shape index (κ1) is 16.6. The van der Waals surface area contributed by atoms with Crippen molar-refractivity contribution in [3.05, 3.63) is 82.2 Å². The maximum Gasteiger partial charge on any atom is 0.280 e. The van der Waals surface area contributed by atoms with Gasteiger partial charge in [-0.1, -0.05) is 52.8 Å². The van der Waals surface area contributed by atoms with E-state index in [2.05, 4.69) is 15.3 Å². The summed E-state index contributed by atoms with van der Waals surface area (Å²) in [5, 5.41) is 18.9. The largest absolute Gasteiger partial charge is 0.355 e. The zero-order valence-electron chi connectivity index (χ0n) is 13.9. The lowest BCUT2D eigenvalue weighted by atomic mass is 10.1. The molecule has 9 nitrogen and oxygen atoms in total. The SMILES string of the molecule is NC(c1ccccc1)c1noc(-c2cc(-c3ccccc3[N+](=O)[O-])on2)n1. The zero-order valence-corrected chi connectivity index (χ0v) is 13.9. The van der Waals surface area contributed by atoms with Gasteiger partial charge in [0.05, 0.1) is 16.5 Å². The van der Waals surface area contributed by atoms with Crippen LogP contribution in [0, 0.1) is 10.1 Å². The normalized spacial score (nSPS) is 12.0. The van der Waals surface area contributed by atoms with Crippen molar-refractivity contribution in [3.8, 4) is 22.9 Å². The summed E-state index contributed by atoms with van der Waals surface area (Å²) in [7, 11) is 0. The summed E-state index contributed by atoms with van der Waals surface area (Å²) in [6, 6.07) is 16.5. The van der Waals surface area contributed by atoms with Crippen LogP contribution in [0.3, 0.4) is 0 Å². The third-order valence-corrected chi connectivity index (χ3v) is 3.97. The van der Waals surface area contributed by atoms with Crippen molar-refractivity contribution in [2.24, 2.45) is 5.73 Å². The number of nitrogens with two attached hydrogens (primary N) is 1. The van der Waals surface area contributed by atoms with Crippen molar-refractivity contribution in [2.75, 3.05) is 0 Å². The van der Waals surface area contributed by atoms with Gasteiger partial charge < -0.3 is 14.8 Å². The fraction of sp³-hybridized carbons (Fsp3) is 0.0556. The fourth-order valence-corrected chi connectivity index (χ4v) is 2.62. The van der Waals surface area contributed by atoms with E-state index in [1.165, 1.54) is 12.1 Å². The van der Waals surface area contributed by atoms with Crippen LogP contribution >= 0.6 is 0 Å². The lowest BCUT2D eigenvalue weighted by Gasteiger charge is -2.05. The van der Waals surface area contributed by atoms with Gasteiger partial charge in [0, 0.05) is 12.1 Å². The lowest BCUT2D eigenvalue weighted by molar-refractivity contribution is -0.384. The summed E-state index contributed by atoms with van der Waals surface area (Å²) in [5.74, 6) is 0.640. The maximum atomic E-state index is 11.2. The van der Waals surface area contributed by atoms with Crippen molar-refractivity contribution in [1.29, 1.82) is 0 Å². The lowest BCUT2D eigenvalue weighted by Crippen LogP contribution is -2.13. The topological polar surface area (TPSA) is 134 Å². The molecule has 0 aliphatic rings. The van der Waals surface area contributed by atoms with E-state index in [0.29, 0.717) is 11.4 Å². The molecule has 27 heavy (non-hydrogen) atoms. The molecule has 0 saturated heterocycles. The molecule has 0 saturated carbocycles. The molecule has 2 aromatic carbocycles. The summed E-state index contributed by atoms with van der Waals surface area (Å²) in [5.41, 5.74) is 7.48. The van der Waals surface area contributed by atoms with Gasteiger partial charge in [-0.3, -0.25) is 10.1 Å². The zero-order chi connectivity index (χ0) is 18.8. The van der Waals surface area contributed by atoms with E-state index in [-0.39, 0.29) is 23.0 Å². The second-order valence-corrected chi connectivity index (χ2v) is 5.70. The van der Waals surface area contributed by atoms with Crippen LogP contribution < -0.4 is 5.73 Å². The van der Waals surface area contributed by atoms with Gasteiger partial charge in [-0.25, -0.2) is 0 Å². The Bertz CT molecular complexity index is 1090. The Morgan fingerprint density at radius 2 is 1.74 bits per heavy atom. The second kappa shape index (κ2) is 6.81. The molecule has 2 aromatic heterocycles. The second-order valence-electron chi connectivity index (χ2n) is 5.70. The Hall–Kier alpha value is -3.85. The molecule has 1 unspecified atom stereocenters. The van der Waals surface area contributed by atoms with E-state index in [1.807, 2.05) is 30.3 Å². The average Bonchev–Trinajstić information content (AvgIpc) is 3.37. The van der Waals surface area contributed by atoms with Gasteiger partial charge in [0.1, 0.15) is 0 Å². The molecule has 0 aliphatic carbocycles. The molecule has 0 spiro atoms. The molecule has 0 amide bonds. The molecule has 1 atom stereocenters. The summed E-state index contributed by atoms with van der Waals surface area (Å²) >= 11 is 0. The highest BCUT2D eigenvalue weighted by Crippen LogP contribution is 2.32. The summed E-state index contributed by atoms with van der Waals surface area (Å²) in [6.45, 7) is 0. The minimum atomic E-state index is -0.551. The highest BCUT2D eigenvalue weighted by molar-refractivity contribution is 5.71. The van der Waals surface area contributed by atoms with Crippen LogP contribution in [0.15, 0.2) is 69.7 Å². The molecular weight excluding hydrogens is 350 g/mol. The fourth-order valence-electron chi connectivity index (χ4n) is 2.62. The molecule has 4 aromatic rings. The molecule has 2 N–H and O–H groups in total. The highest BCUT2D eigenvalue weighted by atomic mass is 16.6. The van der Waals surface area contributed by atoms with Crippen LogP contribution in [0.25, 0.3) is 22.9 Å². The summed E-state index contributed by atoms with van der Waals surface area (Å²) < 4.78 is 10.5. The molecule has 2 heterocycles. The number of aromatic nitrogens is 3. The van der Waals surface area contributed by atoms with Crippen LogP contribution in [0.5, 0.6) is 0 Å². The van der Waals surface area contributed by atoms with Gasteiger partial charge >= 0.3 is 0 Å². The molecule has 0 aliphatic heterocycles. The van der Waals surface area contributed by atoms with Gasteiger partial charge in [-0.15, -0.1) is 0 Å². The Balaban J connectivity index is 1.64. The van der Waals surface area contributed by atoms with Crippen molar-refractivity contribution < 1.29 is 14.0 Å². The molecular formula is C18H13N5O4. The van der Waals surface area contributed by atoms with Crippen molar-refractivity contribution in [2.45, 2.75) is 6.04 Å². The van der Waals surface area contributed by atoms with Crippen molar-refractivity contribution in [3.63, 3.8) is 0 Å². The van der Waals surface area contributed by atoms with Gasteiger partial charge in [-0.2, -0.15) is 4.98 Å². The van der Waals surface area contributed by atoms with Crippen LogP contribution in [0.1, 0.15) is 17.4 Å². The predicted octanol–water partition coefficient (Wildman–Crippen LogP) is 3.35. The molecule has 9 heteroatoms. The number of benzene rings is 2. The monoisotopic (exact) mass is 363 g/mol. The van der Waals surface area contributed by atoms with Crippen molar-refractivity contribution in [1.82, 2.24) is 15.3 Å². The minimum Gasteiger partial charge on any atom is -0.355 e. The maximum absolute atomic E-state index is 11.2. The van der Waals surface area contributed by atoms with Crippen LogP contribution in [-0.4, -0.2) is 20.2 Å². The predicted molar refractivity (Wildman–Crippen MR) is 94.4 cm³/mol. The minimum absolute atomic E-state index is 0.0856. The van der Waals surface area contributed by atoms with Gasteiger partial charge in [0.15, 0.2) is 17.3 Å². The first-order chi connectivity index (χ1) is 13.1. The van der Waals surface area contributed by atoms with Gasteiger partial charge in [-0.05, 0) is 11.6 Å². The summed E-state index contributed by atoms with van der Waals surface area (Å²) in [4.78, 5) is 15.0. The standard InChI is InChI=1S/C18H13N5O4/c19-16(11-6-2-1-3-7-11)17-20-18(27-22-17)13-10-15(26-21-13)12-8-4-5-9-14(12)23(24)25/h1-10,16H,19H2. The van der Waals surface area contributed by atoms with E-state index in [1.54, 1.807) is 18.2 Å². The Morgan fingerprint density at radius 1 is 1.00 bits per heavy atom. The van der Waals surface area contributed by atoms with Crippen LogP contribution in [0.2, 0.25) is 0 Å². The third-order valence-electron chi connectivity index (χ3n) is 3.97. The molecule has 0 radical (unpaired) electrons. The Kier molecular flexibility index (Phi) is 4.19. The van der Waals surface area contributed by atoms with E-state index in [9.17, 15) is 10.1 Å². The first-order valence-electron chi connectivity index (χ1n) is 7.98. The number of nitro groups is 1. The number of hydrogen-bond donors (Lipinski definition) is 1.